The molecule has 0 aromatic heterocycles. The third-order valence-electron chi connectivity index (χ3n) is 2.89. The maximum Gasteiger partial charge on any atom is 0.421 e. The van der Waals surface area contributed by atoms with Gasteiger partial charge in [0.15, 0.2) is 0 Å². The largest absolute Gasteiger partial charge is 0.443 e. The molecular weight excluding hydrogens is 268 g/mol. The maximum atomic E-state index is 14.5. The molecular formula is C14H15F2NO3. The van der Waals surface area contributed by atoms with Crippen LogP contribution in [0.1, 0.15) is 33.3 Å². The first kappa shape index (κ1) is 14.4. The molecule has 0 saturated heterocycles. The molecule has 0 N–H and O–H groups in total. The van der Waals surface area contributed by atoms with E-state index in [-0.39, 0.29) is 11.3 Å². The van der Waals surface area contributed by atoms with Gasteiger partial charge in [0.25, 0.3) is 5.91 Å². The van der Waals surface area contributed by atoms with E-state index in [2.05, 4.69) is 0 Å². The summed E-state index contributed by atoms with van der Waals surface area (Å²) in [5.74, 6) is -1.75. The first-order chi connectivity index (χ1) is 9.04. The van der Waals surface area contributed by atoms with Gasteiger partial charge in [0.05, 0.1) is 5.69 Å². The van der Waals surface area contributed by atoms with Crippen molar-refractivity contribution in [3.63, 3.8) is 0 Å². The van der Waals surface area contributed by atoms with Gasteiger partial charge >= 0.3 is 6.09 Å². The lowest BCUT2D eigenvalue weighted by molar-refractivity contribution is -0.128. The van der Waals surface area contributed by atoms with Crippen LogP contribution in [0.2, 0.25) is 0 Å². The molecule has 2 amide bonds. The number of rotatable bonds is 0. The zero-order valence-corrected chi connectivity index (χ0v) is 11.7. The predicted octanol–water partition coefficient (Wildman–Crippen LogP) is 3.29. The molecule has 1 aliphatic rings. The van der Waals surface area contributed by atoms with Crippen molar-refractivity contribution in [2.75, 3.05) is 4.90 Å². The second kappa shape index (κ2) is 4.26. The molecule has 0 aliphatic carbocycles. The number of nitrogens with zero attached hydrogens (tertiary/aromatic N) is 1. The lowest BCUT2D eigenvalue weighted by Crippen LogP contribution is -2.42. The van der Waals surface area contributed by atoms with Gasteiger partial charge in [-0.15, -0.1) is 0 Å². The first-order valence-electron chi connectivity index (χ1n) is 6.10. The number of carbonyl (C=O) groups excluding carboxylic acids is 2. The van der Waals surface area contributed by atoms with Crippen molar-refractivity contribution >= 4 is 17.7 Å². The monoisotopic (exact) mass is 283 g/mol. The van der Waals surface area contributed by atoms with E-state index in [1.54, 1.807) is 20.8 Å². The summed E-state index contributed by atoms with van der Waals surface area (Å²) in [7, 11) is 0. The Balaban J connectivity index is 2.48. The van der Waals surface area contributed by atoms with Gasteiger partial charge < -0.3 is 4.74 Å². The number of anilines is 1. The van der Waals surface area contributed by atoms with Crippen LogP contribution in [0, 0.1) is 5.82 Å². The number of carbonyl (C=O) groups is 2. The molecule has 108 valence electrons. The zero-order valence-electron chi connectivity index (χ0n) is 11.7. The van der Waals surface area contributed by atoms with Gasteiger partial charge in [-0.1, -0.05) is 0 Å². The normalized spacial score (nSPS) is 21.9. The van der Waals surface area contributed by atoms with Crippen molar-refractivity contribution in [2.24, 2.45) is 0 Å². The minimum absolute atomic E-state index is 0.00986. The Morgan fingerprint density at radius 3 is 2.50 bits per heavy atom. The Morgan fingerprint density at radius 1 is 1.35 bits per heavy atom. The first-order valence-corrected chi connectivity index (χ1v) is 6.10. The lowest BCUT2D eigenvalue weighted by atomic mass is 10.00. The van der Waals surface area contributed by atoms with Crippen molar-refractivity contribution in [1.82, 2.24) is 0 Å². The molecule has 0 spiro atoms. The van der Waals surface area contributed by atoms with Crippen LogP contribution in [-0.4, -0.2) is 17.6 Å². The summed E-state index contributed by atoms with van der Waals surface area (Å²) in [6.45, 7) is 5.89. The van der Waals surface area contributed by atoms with Gasteiger partial charge in [0, 0.05) is 5.56 Å². The summed E-state index contributed by atoms with van der Waals surface area (Å²) < 4.78 is 32.8. The summed E-state index contributed by atoms with van der Waals surface area (Å²) in [6.07, 6.45) is -0.975. The van der Waals surface area contributed by atoms with Gasteiger partial charge in [-0.3, -0.25) is 4.79 Å². The van der Waals surface area contributed by atoms with E-state index >= 15 is 0 Å². The van der Waals surface area contributed by atoms with Gasteiger partial charge in [0.1, 0.15) is 11.4 Å². The average Bonchev–Trinajstić information content (AvgIpc) is 2.46. The van der Waals surface area contributed by atoms with Crippen LogP contribution in [0.15, 0.2) is 18.2 Å². The topological polar surface area (TPSA) is 46.6 Å². The smallest absolute Gasteiger partial charge is 0.421 e. The van der Waals surface area contributed by atoms with E-state index < -0.39 is 29.1 Å². The summed E-state index contributed by atoms with van der Waals surface area (Å²) >= 11 is 0. The zero-order chi connectivity index (χ0) is 15.3. The SMILES string of the molecule is CC(C)(C)OC(=O)N1C(=O)[C@](C)(F)c2cc(F)ccc21. The summed E-state index contributed by atoms with van der Waals surface area (Å²) in [6, 6.07) is 3.17. The van der Waals surface area contributed by atoms with Gasteiger partial charge in [0.2, 0.25) is 5.67 Å². The second-order valence-corrected chi connectivity index (χ2v) is 5.79. The minimum Gasteiger partial charge on any atom is -0.443 e. The molecule has 0 fully saturated rings. The molecule has 0 radical (unpaired) electrons. The van der Waals surface area contributed by atoms with Gasteiger partial charge in [-0.2, -0.15) is 0 Å². The Bertz CT molecular complexity index is 591. The maximum absolute atomic E-state index is 14.5. The number of fused-ring (bicyclic) bond motifs is 1. The van der Waals surface area contributed by atoms with E-state index in [9.17, 15) is 18.4 Å². The molecule has 4 nitrogen and oxygen atoms in total. The lowest BCUT2D eigenvalue weighted by Gasteiger charge is -2.24. The van der Waals surface area contributed by atoms with Crippen LogP contribution >= 0.6 is 0 Å². The number of hydrogen-bond donors (Lipinski definition) is 0. The number of ether oxygens (including phenoxy) is 1. The Labute approximate surface area is 115 Å². The highest BCUT2D eigenvalue weighted by Gasteiger charge is 2.51. The number of benzene rings is 1. The van der Waals surface area contributed by atoms with Crippen LogP contribution in [0.4, 0.5) is 19.3 Å². The fourth-order valence-corrected chi connectivity index (χ4v) is 2.00. The van der Waals surface area contributed by atoms with Gasteiger partial charge in [-0.25, -0.2) is 18.5 Å². The number of alkyl halides is 1. The van der Waals surface area contributed by atoms with Crippen LogP contribution in [0.25, 0.3) is 0 Å². The Morgan fingerprint density at radius 2 is 1.95 bits per heavy atom. The molecule has 0 unspecified atom stereocenters. The minimum atomic E-state index is -2.45. The average molecular weight is 283 g/mol. The summed E-state index contributed by atoms with van der Waals surface area (Å²) in [5.41, 5.74) is -3.44. The third-order valence-corrected chi connectivity index (χ3v) is 2.89. The van der Waals surface area contributed by atoms with Crippen molar-refractivity contribution < 1.29 is 23.1 Å². The summed E-state index contributed by atoms with van der Waals surface area (Å²) in [5, 5.41) is 0. The number of hydrogen-bond acceptors (Lipinski definition) is 3. The molecule has 20 heavy (non-hydrogen) atoms. The Kier molecular flexibility index (Phi) is 3.07. The van der Waals surface area contributed by atoms with E-state index in [0.717, 1.165) is 19.1 Å². The highest BCUT2D eigenvalue weighted by Crippen LogP contribution is 2.43. The van der Waals surface area contributed by atoms with Crippen molar-refractivity contribution in [3.8, 4) is 0 Å². The molecule has 0 bridgehead atoms. The fourth-order valence-electron chi connectivity index (χ4n) is 2.00. The summed E-state index contributed by atoms with van der Waals surface area (Å²) in [4.78, 5) is 24.7. The van der Waals surface area contributed by atoms with Crippen molar-refractivity contribution in [1.29, 1.82) is 0 Å². The molecule has 1 heterocycles. The van der Waals surface area contributed by atoms with Crippen LogP contribution in [0.3, 0.4) is 0 Å². The number of halogens is 2. The van der Waals surface area contributed by atoms with Crippen molar-refractivity contribution in [3.05, 3.63) is 29.6 Å². The number of imide groups is 1. The van der Waals surface area contributed by atoms with E-state index in [1.807, 2.05) is 0 Å². The molecule has 2 rings (SSSR count). The van der Waals surface area contributed by atoms with Crippen LogP contribution < -0.4 is 4.90 Å². The second-order valence-electron chi connectivity index (χ2n) is 5.79. The van der Waals surface area contributed by atoms with Crippen LogP contribution in [0.5, 0.6) is 0 Å². The number of amides is 2. The highest BCUT2D eigenvalue weighted by molar-refractivity contribution is 6.20. The standard InChI is InChI=1S/C14H15F2NO3/c1-13(2,3)20-12(19)17-10-6-5-8(15)7-9(10)14(4,16)11(17)18/h5-7H,1-4H3/t14-/m1/s1. The van der Waals surface area contributed by atoms with Gasteiger partial charge in [-0.05, 0) is 45.9 Å². The quantitative estimate of drug-likeness (QED) is 0.734. The third kappa shape index (κ3) is 2.26. The molecule has 6 heteroatoms. The molecule has 1 aliphatic heterocycles. The van der Waals surface area contributed by atoms with E-state index in [1.165, 1.54) is 6.07 Å². The van der Waals surface area contributed by atoms with Crippen molar-refractivity contribution in [2.45, 2.75) is 39.0 Å². The predicted molar refractivity (Wildman–Crippen MR) is 68.6 cm³/mol. The molecule has 1 aromatic rings. The van der Waals surface area contributed by atoms with E-state index in [4.69, 9.17) is 4.74 Å². The highest BCUT2D eigenvalue weighted by atomic mass is 19.1. The van der Waals surface area contributed by atoms with E-state index in [0.29, 0.717) is 4.90 Å². The molecule has 1 aromatic carbocycles. The Hall–Kier alpha value is -1.98. The molecule has 0 saturated carbocycles. The van der Waals surface area contributed by atoms with Crippen LogP contribution in [-0.2, 0) is 15.2 Å². The fraction of sp³-hybridized carbons (Fsp3) is 0.429. The molecule has 1 atom stereocenters.